The van der Waals surface area contributed by atoms with Gasteiger partial charge in [0.1, 0.15) is 6.10 Å². The predicted molar refractivity (Wildman–Crippen MR) is 96.0 cm³/mol. The van der Waals surface area contributed by atoms with Crippen LogP contribution in [0.15, 0.2) is 70.3 Å². The fraction of sp³-hybridized carbons (Fsp3) is 0.300. The van der Waals surface area contributed by atoms with E-state index in [1.807, 2.05) is 0 Å². The van der Waals surface area contributed by atoms with Gasteiger partial charge in [0.15, 0.2) is 0 Å². The number of halogens is 1. The molecule has 0 spiro atoms. The average Bonchev–Trinajstić information content (AvgIpc) is 2.93. The first-order valence-electron chi connectivity index (χ1n) is 8.16. The fourth-order valence-electron chi connectivity index (χ4n) is 3.81. The Balaban J connectivity index is 1.71. The van der Waals surface area contributed by atoms with Crippen molar-refractivity contribution in [2.45, 2.75) is 25.5 Å². The van der Waals surface area contributed by atoms with Crippen molar-refractivity contribution in [1.82, 2.24) is 5.32 Å². The molecule has 0 unspecified atom stereocenters. The molecule has 2 aromatic rings. The van der Waals surface area contributed by atoms with Crippen LogP contribution in [-0.4, -0.2) is 6.61 Å². The summed E-state index contributed by atoms with van der Waals surface area (Å²) in [5, 5.41) is 3.76. The smallest absolute Gasteiger partial charge is 0.107 e. The highest BCUT2D eigenvalue weighted by atomic mass is 79.9. The van der Waals surface area contributed by atoms with Crippen LogP contribution >= 0.6 is 15.9 Å². The zero-order valence-corrected chi connectivity index (χ0v) is 14.7. The van der Waals surface area contributed by atoms with Gasteiger partial charge in [-0.15, -0.1) is 0 Å². The number of benzene rings is 2. The van der Waals surface area contributed by atoms with Crippen LogP contribution in [0.5, 0.6) is 0 Å². The summed E-state index contributed by atoms with van der Waals surface area (Å²) in [6.45, 7) is 3.08. The molecule has 0 fully saturated rings. The SMILES string of the molecule is C[C@@H]1C2=C(CCO[C@@H]2c2ccccc2Br)N[C@@H]1c1ccccc1. The molecular formula is C20H20BrNO. The summed E-state index contributed by atoms with van der Waals surface area (Å²) < 4.78 is 7.31. The molecule has 118 valence electrons. The van der Waals surface area contributed by atoms with E-state index in [1.54, 1.807) is 0 Å². The molecule has 2 heterocycles. The van der Waals surface area contributed by atoms with Crippen LogP contribution in [0.4, 0.5) is 0 Å². The third kappa shape index (κ3) is 2.62. The molecule has 3 heteroatoms. The quantitative estimate of drug-likeness (QED) is 0.790. The summed E-state index contributed by atoms with van der Waals surface area (Å²) >= 11 is 3.69. The maximum atomic E-state index is 6.19. The van der Waals surface area contributed by atoms with E-state index in [1.165, 1.54) is 22.4 Å². The summed E-state index contributed by atoms with van der Waals surface area (Å²) in [6, 6.07) is 19.4. The Labute approximate surface area is 145 Å². The average molecular weight is 370 g/mol. The highest BCUT2D eigenvalue weighted by Gasteiger charge is 2.39. The molecule has 0 aliphatic carbocycles. The van der Waals surface area contributed by atoms with E-state index in [2.05, 4.69) is 82.8 Å². The molecule has 0 radical (unpaired) electrons. The largest absolute Gasteiger partial charge is 0.381 e. The van der Waals surface area contributed by atoms with Gasteiger partial charge < -0.3 is 10.1 Å². The van der Waals surface area contributed by atoms with E-state index < -0.39 is 0 Å². The Morgan fingerprint density at radius 3 is 2.57 bits per heavy atom. The second-order valence-corrected chi connectivity index (χ2v) is 7.13. The lowest BCUT2D eigenvalue weighted by molar-refractivity contribution is 0.0620. The Hall–Kier alpha value is -1.58. The standard InChI is InChI=1S/C20H20BrNO/c1-13-18-17(22-19(13)14-7-3-2-4-8-14)11-12-23-20(18)15-9-5-6-10-16(15)21/h2-10,13,19-20,22H,11-12H2,1H3/t13-,19+,20-/m1/s1. The molecule has 2 nitrogen and oxygen atoms in total. The van der Waals surface area contributed by atoms with Gasteiger partial charge >= 0.3 is 0 Å². The zero-order valence-electron chi connectivity index (χ0n) is 13.1. The van der Waals surface area contributed by atoms with Crippen molar-refractivity contribution in [3.05, 3.63) is 81.5 Å². The van der Waals surface area contributed by atoms with Crippen LogP contribution in [0.25, 0.3) is 0 Å². The highest BCUT2D eigenvalue weighted by Crippen LogP contribution is 2.47. The maximum Gasteiger partial charge on any atom is 0.107 e. The molecule has 0 amide bonds. The van der Waals surface area contributed by atoms with E-state index >= 15 is 0 Å². The van der Waals surface area contributed by atoms with Crippen molar-refractivity contribution in [3.63, 3.8) is 0 Å². The minimum absolute atomic E-state index is 0.0468. The number of ether oxygens (including phenoxy) is 1. The topological polar surface area (TPSA) is 21.3 Å². The summed E-state index contributed by atoms with van der Waals surface area (Å²) in [4.78, 5) is 0. The van der Waals surface area contributed by atoms with E-state index in [-0.39, 0.29) is 6.10 Å². The Morgan fingerprint density at radius 1 is 1.04 bits per heavy atom. The number of nitrogens with one attached hydrogen (secondary N) is 1. The third-order valence-corrected chi connectivity index (χ3v) is 5.66. The molecule has 2 aliphatic heterocycles. The molecule has 3 atom stereocenters. The second kappa shape index (κ2) is 6.14. The van der Waals surface area contributed by atoms with Crippen molar-refractivity contribution >= 4 is 15.9 Å². The van der Waals surface area contributed by atoms with Crippen LogP contribution in [0.1, 0.15) is 36.6 Å². The third-order valence-electron chi connectivity index (χ3n) is 4.93. The first-order valence-corrected chi connectivity index (χ1v) is 8.95. The zero-order chi connectivity index (χ0) is 15.8. The van der Waals surface area contributed by atoms with Crippen molar-refractivity contribution in [2.75, 3.05) is 6.61 Å². The maximum absolute atomic E-state index is 6.19. The van der Waals surface area contributed by atoms with Crippen LogP contribution in [-0.2, 0) is 4.74 Å². The minimum atomic E-state index is 0.0468. The normalized spacial score (nSPS) is 26.8. The van der Waals surface area contributed by atoms with Crippen LogP contribution in [0.2, 0.25) is 0 Å². The lowest BCUT2D eigenvalue weighted by Gasteiger charge is -2.28. The Kier molecular flexibility index (Phi) is 4.00. The summed E-state index contributed by atoms with van der Waals surface area (Å²) in [5.41, 5.74) is 5.36. The monoisotopic (exact) mass is 369 g/mol. The van der Waals surface area contributed by atoms with Gasteiger partial charge in [0.2, 0.25) is 0 Å². The van der Waals surface area contributed by atoms with Crippen LogP contribution in [0.3, 0.4) is 0 Å². The fourth-order valence-corrected chi connectivity index (χ4v) is 4.30. The van der Waals surface area contributed by atoms with E-state index in [4.69, 9.17) is 4.74 Å². The summed E-state index contributed by atoms with van der Waals surface area (Å²) in [7, 11) is 0. The molecular weight excluding hydrogens is 350 g/mol. The molecule has 0 bridgehead atoms. The molecule has 2 aromatic carbocycles. The molecule has 0 aromatic heterocycles. The summed E-state index contributed by atoms with van der Waals surface area (Å²) in [6.07, 6.45) is 1.02. The van der Waals surface area contributed by atoms with E-state index in [0.29, 0.717) is 12.0 Å². The van der Waals surface area contributed by atoms with Gasteiger partial charge in [-0.2, -0.15) is 0 Å². The molecule has 0 saturated carbocycles. The van der Waals surface area contributed by atoms with Crippen molar-refractivity contribution in [1.29, 1.82) is 0 Å². The van der Waals surface area contributed by atoms with Crippen LogP contribution < -0.4 is 5.32 Å². The van der Waals surface area contributed by atoms with Crippen molar-refractivity contribution in [3.8, 4) is 0 Å². The number of hydrogen-bond donors (Lipinski definition) is 1. The predicted octanol–water partition coefficient (Wildman–Crippen LogP) is 5.15. The number of hydrogen-bond acceptors (Lipinski definition) is 2. The first kappa shape index (κ1) is 15.0. The van der Waals surface area contributed by atoms with Crippen molar-refractivity contribution < 1.29 is 4.74 Å². The lowest BCUT2D eigenvalue weighted by atomic mass is 9.85. The van der Waals surface area contributed by atoms with Gasteiger partial charge in [-0.3, -0.25) is 0 Å². The van der Waals surface area contributed by atoms with Gasteiger partial charge in [0.05, 0.1) is 12.6 Å². The molecule has 2 aliphatic rings. The van der Waals surface area contributed by atoms with Gasteiger partial charge in [0.25, 0.3) is 0 Å². The minimum Gasteiger partial charge on any atom is -0.381 e. The summed E-state index contributed by atoms with van der Waals surface area (Å²) in [5.74, 6) is 0.421. The van der Waals surface area contributed by atoms with Crippen molar-refractivity contribution in [2.24, 2.45) is 5.92 Å². The Morgan fingerprint density at radius 2 is 1.78 bits per heavy atom. The van der Waals surface area contributed by atoms with Crippen LogP contribution in [0, 0.1) is 5.92 Å². The van der Waals surface area contributed by atoms with E-state index in [9.17, 15) is 0 Å². The highest BCUT2D eigenvalue weighted by molar-refractivity contribution is 9.10. The number of rotatable bonds is 2. The van der Waals surface area contributed by atoms with Gasteiger partial charge in [-0.25, -0.2) is 0 Å². The molecule has 0 saturated heterocycles. The molecule has 4 rings (SSSR count). The van der Waals surface area contributed by atoms with E-state index in [0.717, 1.165) is 17.5 Å². The molecule has 23 heavy (non-hydrogen) atoms. The van der Waals surface area contributed by atoms with Gasteiger partial charge in [-0.1, -0.05) is 71.4 Å². The molecule has 1 N–H and O–H groups in total. The van der Waals surface area contributed by atoms with Gasteiger partial charge in [0, 0.05) is 22.5 Å². The first-order chi connectivity index (χ1) is 11.3. The Bertz CT molecular complexity index is 740. The second-order valence-electron chi connectivity index (χ2n) is 6.28. The van der Waals surface area contributed by atoms with Gasteiger partial charge in [-0.05, 0) is 22.8 Å². The lowest BCUT2D eigenvalue weighted by Crippen LogP contribution is -2.19.